The number of benzene rings is 1. The first-order valence-corrected chi connectivity index (χ1v) is 7.78. The van der Waals surface area contributed by atoms with Gasteiger partial charge < -0.3 is 15.0 Å². The summed E-state index contributed by atoms with van der Waals surface area (Å²) < 4.78 is 5.52. The second-order valence-corrected chi connectivity index (χ2v) is 5.56. The number of rotatable bonds is 8. The number of hydrogen-bond acceptors (Lipinski definition) is 3. The molecule has 1 aromatic rings. The molecule has 1 aromatic carbocycles. The lowest BCUT2D eigenvalue weighted by atomic mass is 10.2. The van der Waals surface area contributed by atoms with Gasteiger partial charge in [0.2, 0.25) is 0 Å². The second kappa shape index (κ2) is 8.90. The minimum absolute atomic E-state index is 0.0188. The monoisotopic (exact) mass is 312 g/mol. The van der Waals surface area contributed by atoms with Crippen molar-refractivity contribution in [2.24, 2.45) is 0 Å². The van der Waals surface area contributed by atoms with Gasteiger partial charge in [-0.05, 0) is 31.5 Å². The van der Waals surface area contributed by atoms with Crippen molar-refractivity contribution in [3.05, 3.63) is 28.8 Å². The maximum absolute atomic E-state index is 11.9. The van der Waals surface area contributed by atoms with Gasteiger partial charge in [0.1, 0.15) is 5.75 Å². The molecule has 4 nitrogen and oxygen atoms in total. The van der Waals surface area contributed by atoms with Gasteiger partial charge >= 0.3 is 0 Å². The molecule has 0 aromatic heterocycles. The van der Waals surface area contributed by atoms with Gasteiger partial charge in [-0.1, -0.05) is 31.5 Å². The van der Waals surface area contributed by atoms with Crippen molar-refractivity contribution in [1.29, 1.82) is 0 Å². The number of amides is 1. The molecule has 0 aliphatic heterocycles. The van der Waals surface area contributed by atoms with Crippen molar-refractivity contribution in [1.82, 2.24) is 10.2 Å². The lowest BCUT2D eigenvalue weighted by Gasteiger charge is -2.19. The Kier molecular flexibility index (Phi) is 7.54. The second-order valence-electron chi connectivity index (χ2n) is 5.16. The van der Waals surface area contributed by atoms with E-state index in [4.69, 9.17) is 16.3 Å². The van der Waals surface area contributed by atoms with E-state index in [1.807, 2.05) is 32.0 Å². The predicted octanol–water partition coefficient (Wildman–Crippen LogP) is 3.09. The summed E-state index contributed by atoms with van der Waals surface area (Å²) in [7, 11) is 0. The Morgan fingerprint density at radius 1 is 1.33 bits per heavy atom. The number of carbonyl (C=O) groups excluding carboxylic acids is 1. The van der Waals surface area contributed by atoms with Gasteiger partial charge in [-0.15, -0.1) is 0 Å². The first kappa shape index (κ1) is 17.8. The maximum atomic E-state index is 11.9. The summed E-state index contributed by atoms with van der Waals surface area (Å²) in [6.07, 6.45) is 0. The largest absolute Gasteiger partial charge is 0.482 e. The van der Waals surface area contributed by atoms with Crippen LogP contribution >= 0.6 is 11.6 Å². The van der Waals surface area contributed by atoms with E-state index in [2.05, 4.69) is 19.2 Å². The molecule has 5 heteroatoms. The fraction of sp³-hybridized carbons (Fsp3) is 0.562. The van der Waals surface area contributed by atoms with Crippen LogP contribution in [0.25, 0.3) is 0 Å². The van der Waals surface area contributed by atoms with Crippen molar-refractivity contribution < 1.29 is 9.53 Å². The zero-order chi connectivity index (χ0) is 15.8. The van der Waals surface area contributed by atoms with E-state index >= 15 is 0 Å². The smallest absolute Gasteiger partial charge is 0.260 e. The molecule has 0 atom stereocenters. The van der Waals surface area contributed by atoms with Crippen LogP contribution in [0.3, 0.4) is 0 Å². The molecular formula is C16H25ClN2O2. The molecule has 0 heterocycles. The van der Waals surface area contributed by atoms with E-state index in [-0.39, 0.29) is 12.5 Å². The van der Waals surface area contributed by atoms with Gasteiger partial charge in [0.15, 0.2) is 6.61 Å². The Labute approximate surface area is 132 Å². The van der Waals surface area contributed by atoms with Gasteiger partial charge in [-0.3, -0.25) is 4.79 Å². The van der Waals surface area contributed by atoms with Crippen molar-refractivity contribution in [3.63, 3.8) is 0 Å². The van der Waals surface area contributed by atoms with Crippen LogP contribution in [-0.4, -0.2) is 36.5 Å². The molecule has 0 radical (unpaired) electrons. The number of nitrogens with one attached hydrogen (secondary N) is 1. The van der Waals surface area contributed by atoms with Crippen LogP contribution in [0.2, 0.25) is 5.02 Å². The fourth-order valence-corrected chi connectivity index (χ4v) is 2.16. The quantitative estimate of drug-likeness (QED) is 0.802. The number of halogens is 1. The molecule has 0 saturated carbocycles. The highest BCUT2D eigenvalue weighted by molar-refractivity contribution is 6.32. The van der Waals surface area contributed by atoms with Crippen LogP contribution < -0.4 is 10.1 Å². The van der Waals surface area contributed by atoms with Crippen LogP contribution in [0.5, 0.6) is 5.75 Å². The topological polar surface area (TPSA) is 41.6 Å². The van der Waals surface area contributed by atoms with Gasteiger partial charge in [-0.25, -0.2) is 0 Å². The zero-order valence-corrected chi connectivity index (χ0v) is 14.0. The summed E-state index contributed by atoms with van der Waals surface area (Å²) >= 11 is 6.20. The van der Waals surface area contributed by atoms with E-state index in [0.717, 1.165) is 12.1 Å². The molecule has 118 valence electrons. The van der Waals surface area contributed by atoms with Crippen molar-refractivity contribution >= 4 is 17.5 Å². The molecule has 1 amide bonds. The van der Waals surface area contributed by atoms with Gasteiger partial charge in [0.05, 0.1) is 5.02 Å². The summed E-state index contributed by atoms with van der Waals surface area (Å²) in [4.78, 5) is 13.6. The number of likely N-dealkylation sites (N-methyl/N-ethyl adjacent to an activating group) is 1. The normalized spacial score (nSPS) is 10.8. The Hall–Kier alpha value is -1.26. The Balaban J connectivity index is 2.58. The number of ether oxygens (including phenoxy) is 1. The van der Waals surface area contributed by atoms with Gasteiger partial charge in [0, 0.05) is 25.7 Å². The van der Waals surface area contributed by atoms with E-state index in [0.29, 0.717) is 29.9 Å². The van der Waals surface area contributed by atoms with E-state index in [1.54, 1.807) is 4.90 Å². The minimum atomic E-state index is -0.0263. The average molecular weight is 313 g/mol. The molecular weight excluding hydrogens is 288 g/mol. The van der Waals surface area contributed by atoms with E-state index in [9.17, 15) is 4.79 Å². The molecule has 0 bridgehead atoms. The molecule has 21 heavy (non-hydrogen) atoms. The van der Waals surface area contributed by atoms with E-state index in [1.165, 1.54) is 0 Å². The third-order valence-corrected chi connectivity index (χ3v) is 3.47. The molecule has 1 rings (SSSR count). The summed E-state index contributed by atoms with van der Waals surface area (Å²) in [5.74, 6) is 0.520. The van der Waals surface area contributed by atoms with Crippen LogP contribution in [0.1, 0.15) is 33.3 Å². The highest BCUT2D eigenvalue weighted by atomic mass is 35.5. The average Bonchev–Trinajstić information content (AvgIpc) is 2.45. The first-order chi connectivity index (χ1) is 9.97. The third-order valence-electron chi connectivity index (χ3n) is 3.18. The highest BCUT2D eigenvalue weighted by Crippen LogP contribution is 2.25. The molecule has 0 saturated heterocycles. The standard InChI is InChI=1S/C16H25ClN2O2/c1-5-19(6-2)16(20)11-21-15-8-7-13(9-14(15)17)10-18-12(3)4/h7-9,12,18H,5-6,10-11H2,1-4H3. The Bertz CT molecular complexity index is 460. The molecule has 0 unspecified atom stereocenters. The SMILES string of the molecule is CCN(CC)C(=O)COc1ccc(CNC(C)C)cc1Cl. The Morgan fingerprint density at radius 3 is 2.52 bits per heavy atom. The van der Waals surface area contributed by atoms with Crippen LogP contribution in [-0.2, 0) is 11.3 Å². The van der Waals surface area contributed by atoms with E-state index < -0.39 is 0 Å². The maximum Gasteiger partial charge on any atom is 0.260 e. The van der Waals surface area contributed by atoms with Crippen LogP contribution in [0.4, 0.5) is 0 Å². The molecule has 0 spiro atoms. The van der Waals surface area contributed by atoms with Crippen molar-refractivity contribution in [3.8, 4) is 5.75 Å². The molecule has 0 fully saturated rings. The minimum Gasteiger partial charge on any atom is -0.482 e. The van der Waals surface area contributed by atoms with Crippen LogP contribution in [0.15, 0.2) is 18.2 Å². The molecule has 0 aliphatic carbocycles. The number of hydrogen-bond donors (Lipinski definition) is 1. The Morgan fingerprint density at radius 2 is 2.00 bits per heavy atom. The third kappa shape index (κ3) is 5.94. The summed E-state index contributed by atoms with van der Waals surface area (Å²) in [5.41, 5.74) is 1.09. The lowest BCUT2D eigenvalue weighted by molar-refractivity contribution is -0.132. The number of carbonyl (C=O) groups is 1. The fourth-order valence-electron chi connectivity index (χ4n) is 1.90. The van der Waals surface area contributed by atoms with Crippen molar-refractivity contribution in [2.75, 3.05) is 19.7 Å². The van der Waals surface area contributed by atoms with Gasteiger partial charge in [0.25, 0.3) is 5.91 Å². The first-order valence-electron chi connectivity index (χ1n) is 7.40. The zero-order valence-electron chi connectivity index (χ0n) is 13.3. The summed E-state index contributed by atoms with van der Waals surface area (Å²) in [6.45, 7) is 10.2. The summed E-state index contributed by atoms with van der Waals surface area (Å²) in [5, 5.41) is 3.86. The van der Waals surface area contributed by atoms with Gasteiger partial charge in [-0.2, -0.15) is 0 Å². The number of nitrogens with zero attached hydrogens (tertiary/aromatic N) is 1. The molecule has 0 aliphatic rings. The predicted molar refractivity (Wildman–Crippen MR) is 86.9 cm³/mol. The summed E-state index contributed by atoms with van der Waals surface area (Å²) in [6, 6.07) is 6.06. The molecule has 1 N–H and O–H groups in total. The van der Waals surface area contributed by atoms with Crippen molar-refractivity contribution in [2.45, 2.75) is 40.3 Å². The lowest BCUT2D eigenvalue weighted by Crippen LogP contribution is -2.34. The highest BCUT2D eigenvalue weighted by Gasteiger charge is 2.11. The van der Waals surface area contributed by atoms with Crippen LogP contribution in [0, 0.1) is 0 Å².